The van der Waals surface area contributed by atoms with Crippen molar-refractivity contribution in [2.45, 2.75) is 210 Å². The minimum atomic E-state index is -1.74. The number of nitrogens with zero attached hydrogens (tertiary/aromatic N) is 3. The van der Waals surface area contributed by atoms with E-state index < -0.39 is 186 Å². The number of carbonyl (C=O) groups excluding carboxylic acids is 14. The number of rotatable bonds is 48. The number of nitrogens with two attached hydrogens (primary N) is 7. The lowest BCUT2D eigenvalue weighted by Gasteiger charge is -2.29. The van der Waals surface area contributed by atoms with Crippen LogP contribution in [-0.2, 0) is 84.8 Å². The van der Waals surface area contributed by atoms with Gasteiger partial charge in [0.2, 0.25) is 82.7 Å². The van der Waals surface area contributed by atoms with Gasteiger partial charge in [-0.1, -0.05) is 58.0 Å². The number of phenolic OH excluding ortho intramolecular Hbond substituents is 1. The molecule has 1 aliphatic rings. The number of primary amides is 2. The first-order valence-electron chi connectivity index (χ1n) is 36.6. The van der Waals surface area contributed by atoms with E-state index in [9.17, 15) is 87.2 Å². The largest absolute Gasteiger partial charge is 0.508 e. The first kappa shape index (κ1) is 91.7. The van der Waals surface area contributed by atoms with Gasteiger partial charge < -0.3 is 124 Å². The van der Waals surface area contributed by atoms with Gasteiger partial charge in [-0.3, -0.25) is 77.1 Å². The zero-order valence-electron chi connectivity index (χ0n) is 63.3. The highest BCUT2D eigenvalue weighted by Crippen LogP contribution is 2.23. The van der Waals surface area contributed by atoms with Gasteiger partial charge in [0.25, 0.3) is 0 Å². The molecule has 1 aliphatic heterocycles. The highest BCUT2D eigenvalue weighted by Gasteiger charge is 2.40. The molecule has 14 amide bonds. The first-order chi connectivity index (χ1) is 52.3. The van der Waals surface area contributed by atoms with E-state index >= 15 is 0 Å². The zero-order chi connectivity index (χ0) is 82.8. The number of hydrogen-bond acceptors (Lipinski definition) is 20. The molecule has 40 nitrogen and oxygen atoms in total. The number of para-hydroxylation sites is 1. The van der Waals surface area contributed by atoms with Crippen LogP contribution in [0.25, 0.3) is 10.9 Å². The number of carboxylic acid groups (broad SMARTS) is 1. The molecule has 1 fully saturated rings. The van der Waals surface area contributed by atoms with E-state index in [1.54, 1.807) is 44.3 Å². The van der Waals surface area contributed by atoms with Crippen LogP contribution in [0.15, 0.2) is 64.7 Å². The van der Waals surface area contributed by atoms with Crippen molar-refractivity contribution in [2.24, 2.45) is 62.0 Å². The smallest absolute Gasteiger partial charge is 0.326 e. The summed E-state index contributed by atoms with van der Waals surface area (Å²) in [5, 5.41) is 58.6. The zero-order valence-corrected chi connectivity index (χ0v) is 63.3. The number of nitrogens with one attached hydrogen (secondary N) is 12. The second-order valence-electron chi connectivity index (χ2n) is 27.9. The summed E-state index contributed by atoms with van der Waals surface area (Å²) in [5.74, 6) is -14.7. The molecule has 0 saturated carbocycles. The Morgan fingerprint density at radius 2 is 1.02 bits per heavy atom. The van der Waals surface area contributed by atoms with E-state index in [1.807, 2.05) is 13.8 Å². The SMILES string of the molecule is CC(C)C[C@H](NC(=O)[C@H](CCCN=C(N)N)NC(=O)CCCNC(=O)[C@@H](NC(=O)[C@H](CC(N)=O)NC(=O)[C@H](Cc1ccc(O)cc1)NC(=O)CCCNC(=O)[C@H](CC(N)=O)NC(=O)[C@H](CCCN=C(N)N)NC(=O)[C@H](C)NC(=O)[C@H](Cc1c[nH]c2ccccc12)NC(=O)[C@@H](N)[C@@H](C)O)C(C)C)C(=O)N1CCC[C@H]1C(=O)O. The number of aliphatic hydroxyl groups excluding tert-OH is 1. The lowest BCUT2D eigenvalue weighted by atomic mass is 10.0. The van der Waals surface area contributed by atoms with Crippen molar-refractivity contribution >= 4 is 111 Å². The fraction of sp³-hybridized carbons (Fsp3) is 0.563. The second kappa shape index (κ2) is 46.0. The van der Waals surface area contributed by atoms with Crippen LogP contribution in [-0.4, -0.2) is 231 Å². The molecule has 1 aromatic heterocycles. The van der Waals surface area contributed by atoms with Crippen LogP contribution in [0.4, 0.5) is 0 Å². The van der Waals surface area contributed by atoms with E-state index in [-0.39, 0.29) is 127 Å². The summed E-state index contributed by atoms with van der Waals surface area (Å²) in [6.07, 6.45) is -1.29. The normalized spacial score (nSPS) is 15.5. The third-order valence-corrected chi connectivity index (χ3v) is 17.7. The molecular weight excluding hydrogens is 1450 g/mol. The van der Waals surface area contributed by atoms with Gasteiger partial charge in [-0.15, -0.1) is 0 Å². The number of likely N-dealkylation sites (tertiary alicyclic amines) is 1. The van der Waals surface area contributed by atoms with Gasteiger partial charge in [-0.2, -0.15) is 0 Å². The molecule has 0 bridgehead atoms. The number of phenols is 1. The van der Waals surface area contributed by atoms with E-state index in [0.717, 1.165) is 10.9 Å². The summed E-state index contributed by atoms with van der Waals surface area (Å²) in [5.41, 5.74) is 40.6. The number of aromatic nitrogens is 1. The Kier molecular flexibility index (Phi) is 38.0. The number of guanidine groups is 2. The number of aromatic hydroxyl groups is 1. The van der Waals surface area contributed by atoms with Gasteiger partial charge in [0.15, 0.2) is 11.9 Å². The first-order valence-corrected chi connectivity index (χ1v) is 36.6. The Hall–Kier alpha value is -11.7. The molecule has 40 heteroatoms. The predicted octanol–water partition coefficient (Wildman–Crippen LogP) is -5.82. The van der Waals surface area contributed by atoms with Crippen molar-refractivity contribution in [3.05, 3.63) is 65.9 Å². The summed E-state index contributed by atoms with van der Waals surface area (Å²) < 4.78 is 0. The van der Waals surface area contributed by atoms with Crippen LogP contribution in [0.5, 0.6) is 5.75 Å². The number of carboxylic acids is 1. The maximum atomic E-state index is 14.2. The minimum absolute atomic E-state index is 0.00834. The molecule has 0 unspecified atom stereocenters. The fourth-order valence-corrected chi connectivity index (χ4v) is 11.8. The van der Waals surface area contributed by atoms with Crippen molar-refractivity contribution in [1.29, 1.82) is 0 Å². The third-order valence-electron chi connectivity index (χ3n) is 17.7. The summed E-state index contributed by atoms with van der Waals surface area (Å²) in [6.45, 7) is 9.24. The maximum Gasteiger partial charge on any atom is 0.326 e. The monoisotopic (exact) mass is 1560 g/mol. The highest BCUT2D eigenvalue weighted by molar-refractivity contribution is 5.99. The van der Waals surface area contributed by atoms with E-state index in [4.69, 9.17) is 40.1 Å². The van der Waals surface area contributed by atoms with E-state index in [2.05, 4.69) is 73.5 Å². The Morgan fingerprint density at radius 3 is 1.55 bits per heavy atom. The average molecular weight is 1560 g/mol. The summed E-state index contributed by atoms with van der Waals surface area (Å²) in [7, 11) is 0. The van der Waals surface area contributed by atoms with Crippen molar-refractivity contribution in [2.75, 3.05) is 32.7 Å². The molecule has 4 rings (SSSR count). The lowest BCUT2D eigenvalue weighted by Crippen LogP contribution is -2.59. The minimum Gasteiger partial charge on any atom is -0.508 e. The van der Waals surface area contributed by atoms with Gasteiger partial charge in [0, 0.05) is 75.5 Å². The number of carbonyl (C=O) groups is 15. The van der Waals surface area contributed by atoms with Crippen LogP contribution in [0.3, 0.4) is 0 Å². The van der Waals surface area contributed by atoms with Crippen molar-refractivity contribution < 1.29 is 87.2 Å². The molecule has 2 aromatic carbocycles. The maximum absolute atomic E-state index is 14.2. The van der Waals surface area contributed by atoms with Crippen LogP contribution >= 0.6 is 0 Å². The molecule has 0 spiro atoms. The number of amides is 14. The van der Waals surface area contributed by atoms with Gasteiger partial charge >= 0.3 is 5.97 Å². The Labute approximate surface area is 641 Å². The molecule has 0 radical (unpaired) electrons. The van der Waals surface area contributed by atoms with Crippen molar-refractivity contribution in [3.8, 4) is 5.75 Å². The number of aliphatic carboxylic acids is 1. The number of aliphatic imine (C=N–C) groups is 2. The summed E-state index contributed by atoms with van der Waals surface area (Å²) in [4.78, 5) is 214. The van der Waals surface area contributed by atoms with Crippen LogP contribution in [0, 0.1) is 11.8 Å². The van der Waals surface area contributed by atoms with Gasteiger partial charge in [-0.05, 0) is 113 Å². The lowest BCUT2D eigenvalue weighted by molar-refractivity contribution is -0.149. The number of benzene rings is 2. The Morgan fingerprint density at radius 1 is 0.541 bits per heavy atom. The van der Waals surface area contributed by atoms with Crippen LogP contribution < -0.4 is 98.6 Å². The fourth-order valence-electron chi connectivity index (χ4n) is 11.8. The van der Waals surface area contributed by atoms with Crippen LogP contribution in [0.1, 0.15) is 136 Å². The number of fused-ring (bicyclic) bond motifs is 1. The topological polar surface area (TPSA) is 675 Å². The molecule has 2 heterocycles. The summed E-state index contributed by atoms with van der Waals surface area (Å²) in [6, 6.07) is -2.54. The van der Waals surface area contributed by atoms with Crippen molar-refractivity contribution in [1.82, 2.24) is 68.4 Å². The third kappa shape index (κ3) is 32.2. The number of H-pyrrole nitrogens is 1. The van der Waals surface area contributed by atoms with Gasteiger partial charge in [0.1, 0.15) is 72.2 Å². The Balaban J connectivity index is 1.41. The molecule has 0 aliphatic carbocycles. The number of aromatic amines is 1. The van der Waals surface area contributed by atoms with Crippen LogP contribution in [0.2, 0.25) is 0 Å². The standard InChI is InChI=1S/C71H110N22O18/c1-36(2)30-51(68(109)93-29-13-18-52(93)69(110)111)91-61(102)45(16-9-27-81-70(75)76)85-55(98)19-12-26-80-67(108)58(37(3)4)92-65(106)50(34-54(73)97)89-64(105)47(31-40-21-23-42(95)24-22-40)86-56(99)20-11-25-79-60(101)49(33-53(72)96)88-62(103)46(17-10-28-82-71(77)78)87-59(100)38(5)84-63(104)48(90-66(107)57(74)39(6)94)32-41-35-83-44-15-8-7-14-43(41)44/h7-8,14-15,21-24,35-39,45-52,57-58,83,94-95H,9-13,16-20,25-34,74H2,1-6H3,(H2,72,96)(H2,73,97)(H,79,101)(H,80,108)(H,84,104)(H,85,98)(H,86,99)(H,87,100)(H,88,103)(H,89,105)(H,90,107)(H,91,102)(H,92,106)(H,110,111)(H4,75,76,81)(H4,77,78,82)/t38-,39+,45-,46-,47-,48-,49-,50-,51-,52-,57-,58-/m0/s1. The van der Waals surface area contributed by atoms with Gasteiger partial charge in [-0.25, -0.2) is 4.79 Å². The molecule has 1 saturated heterocycles. The Bertz CT molecular complexity index is 3780. The highest BCUT2D eigenvalue weighted by atomic mass is 16.4. The molecule has 3 aromatic rings. The molecule has 29 N–H and O–H groups in total. The second-order valence-corrected chi connectivity index (χ2v) is 27.9. The van der Waals surface area contributed by atoms with Crippen molar-refractivity contribution in [3.63, 3.8) is 0 Å². The molecule has 12 atom stereocenters. The average Bonchev–Trinajstić information content (AvgIpc) is 1.72. The molecule has 111 heavy (non-hydrogen) atoms. The predicted molar refractivity (Wildman–Crippen MR) is 405 cm³/mol. The van der Waals surface area contributed by atoms with E-state index in [0.29, 0.717) is 17.5 Å². The number of aliphatic hydroxyl groups is 1. The molecular formula is C71H110N22O18. The quantitative estimate of drug-likeness (QED) is 0.0142. The number of hydrogen-bond donors (Lipinski definition) is 22. The van der Waals surface area contributed by atoms with Gasteiger partial charge in [0.05, 0.1) is 18.9 Å². The molecule has 612 valence electrons. The summed E-state index contributed by atoms with van der Waals surface area (Å²) >= 11 is 0. The van der Waals surface area contributed by atoms with E-state index in [1.165, 1.54) is 43.0 Å².